The fourth-order valence-corrected chi connectivity index (χ4v) is 2.81. The number of hydrogen-bond donors (Lipinski definition) is 1. The molecule has 0 radical (unpaired) electrons. The van der Waals surface area contributed by atoms with E-state index in [1.165, 1.54) is 0 Å². The Morgan fingerprint density at radius 2 is 2.44 bits per heavy atom. The Morgan fingerprint density at radius 3 is 3.25 bits per heavy atom. The van der Waals surface area contributed by atoms with E-state index >= 15 is 0 Å². The fraction of sp³-hybridized carbons (Fsp3) is 0.455. The average molecular weight is 235 g/mol. The van der Waals surface area contributed by atoms with Crippen molar-refractivity contribution in [1.82, 2.24) is 9.97 Å². The summed E-state index contributed by atoms with van der Waals surface area (Å²) >= 11 is 1.61. The van der Waals surface area contributed by atoms with Gasteiger partial charge in [0.15, 0.2) is 0 Å². The van der Waals surface area contributed by atoms with Crippen molar-refractivity contribution in [1.29, 1.82) is 0 Å². The zero-order valence-electron chi connectivity index (χ0n) is 8.85. The maximum Gasteiger partial charge on any atom is 0.135 e. The van der Waals surface area contributed by atoms with Crippen LogP contribution in [0.1, 0.15) is 12.2 Å². The average Bonchev–Trinajstić information content (AvgIpc) is 2.87. The minimum atomic E-state index is 0.553. The molecule has 1 unspecified atom stereocenters. The molecule has 1 aliphatic heterocycles. The maximum absolute atomic E-state index is 5.90. The first-order chi connectivity index (χ1) is 7.83. The number of ether oxygens (including phenoxy) is 1. The quantitative estimate of drug-likeness (QED) is 0.863. The van der Waals surface area contributed by atoms with Gasteiger partial charge in [-0.2, -0.15) is 0 Å². The minimum Gasteiger partial charge on any atom is -0.383 e. The Kier molecular flexibility index (Phi) is 2.49. The monoisotopic (exact) mass is 235 g/mol. The number of nitrogen functional groups attached to an aromatic ring is 1. The lowest BCUT2D eigenvalue weighted by Gasteiger charge is -2.06. The maximum atomic E-state index is 5.90. The smallest absolute Gasteiger partial charge is 0.135 e. The number of fused-ring (bicyclic) bond motifs is 1. The fourth-order valence-electron chi connectivity index (χ4n) is 2.02. The molecule has 0 amide bonds. The van der Waals surface area contributed by atoms with E-state index < -0.39 is 0 Å². The van der Waals surface area contributed by atoms with Crippen molar-refractivity contribution in [2.75, 3.05) is 18.9 Å². The molecule has 2 N–H and O–H groups in total. The van der Waals surface area contributed by atoms with Gasteiger partial charge >= 0.3 is 0 Å². The zero-order chi connectivity index (χ0) is 11.0. The number of aromatic nitrogens is 2. The third-order valence-corrected chi connectivity index (χ3v) is 3.70. The molecule has 1 atom stereocenters. The Bertz CT molecular complexity index is 505. The van der Waals surface area contributed by atoms with Gasteiger partial charge in [0.05, 0.1) is 5.39 Å². The number of anilines is 1. The predicted molar refractivity (Wildman–Crippen MR) is 64.5 cm³/mol. The van der Waals surface area contributed by atoms with Crippen LogP contribution < -0.4 is 5.73 Å². The highest BCUT2D eigenvalue weighted by Crippen LogP contribution is 2.24. The molecule has 3 rings (SSSR count). The van der Waals surface area contributed by atoms with E-state index in [1.807, 2.05) is 11.4 Å². The standard InChI is InChI=1S/C11H13N3OS/c12-10-8-2-4-16-11(8)14-9(13-10)5-7-1-3-15-6-7/h2,4,7H,1,3,5-6H2,(H2,12,13,14). The lowest BCUT2D eigenvalue weighted by Crippen LogP contribution is -2.08. The van der Waals surface area contributed by atoms with Crippen LogP contribution in [0.25, 0.3) is 10.2 Å². The van der Waals surface area contributed by atoms with Crippen LogP contribution >= 0.6 is 11.3 Å². The lowest BCUT2D eigenvalue weighted by atomic mass is 10.0. The van der Waals surface area contributed by atoms with Crippen molar-refractivity contribution in [2.45, 2.75) is 12.8 Å². The van der Waals surface area contributed by atoms with Gasteiger partial charge in [-0.15, -0.1) is 11.3 Å². The van der Waals surface area contributed by atoms with Crippen LogP contribution in [0.4, 0.5) is 5.82 Å². The van der Waals surface area contributed by atoms with Gasteiger partial charge in [0.1, 0.15) is 16.5 Å². The van der Waals surface area contributed by atoms with Gasteiger partial charge in [-0.25, -0.2) is 9.97 Å². The molecule has 1 saturated heterocycles. The second kappa shape index (κ2) is 3.99. The molecule has 5 heteroatoms. The molecule has 2 aromatic rings. The molecular formula is C11H13N3OS. The highest BCUT2D eigenvalue weighted by molar-refractivity contribution is 7.16. The summed E-state index contributed by atoms with van der Waals surface area (Å²) in [5.74, 6) is 2.00. The summed E-state index contributed by atoms with van der Waals surface area (Å²) in [4.78, 5) is 9.87. The van der Waals surface area contributed by atoms with Crippen LogP contribution in [0.2, 0.25) is 0 Å². The third kappa shape index (κ3) is 1.76. The van der Waals surface area contributed by atoms with E-state index in [0.717, 1.165) is 42.1 Å². The van der Waals surface area contributed by atoms with Crippen LogP contribution in [-0.2, 0) is 11.2 Å². The molecule has 0 saturated carbocycles. The number of nitrogens with zero attached hydrogens (tertiary/aromatic N) is 2. The molecule has 4 nitrogen and oxygen atoms in total. The van der Waals surface area contributed by atoms with Crippen LogP contribution in [-0.4, -0.2) is 23.2 Å². The van der Waals surface area contributed by atoms with Gasteiger partial charge in [-0.3, -0.25) is 0 Å². The second-order valence-corrected chi connectivity index (χ2v) is 4.99. The summed E-state index contributed by atoms with van der Waals surface area (Å²) in [5, 5.41) is 2.97. The minimum absolute atomic E-state index is 0.553. The highest BCUT2D eigenvalue weighted by atomic mass is 32.1. The number of nitrogens with two attached hydrogens (primary N) is 1. The summed E-state index contributed by atoms with van der Waals surface area (Å²) in [7, 11) is 0. The molecule has 0 aromatic carbocycles. The van der Waals surface area contributed by atoms with Crippen molar-refractivity contribution in [2.24, 2.45) is 5.92 Å². The van der Waals surface area contributed by atoms with Gasteiger partial charge < -0.3 is 10.5 Å². The number of rotatable bonds is 2. The van der Waals surface area contributed by atoms with Gasteiger partial charge in [0, 0.05) is 19.6 Å². The Hall–Kier alpha value is -1.20. The summed E-state index contributed by atoms with van der Waals surface area (Å²) in [5.41, 5.74) is 5.90. The molecule has 0 aliphatic carbocycles. The van der Waals surface area contributed by atoms with Crippen molar-refractivity contribution in [3.63, 3.8) is 0 Å². The SMILES string of the molecule is Nc1nc(CC2CCOC2)nc2sccc12. The predicted octanol–water partition coefficient (Wildman–Crippen LogP) is 1.85. The summed E-state index contributed by atoms with van der Waals surface area (Å²) in [6.07, 6.45) is 1.98. The van der Waals surface area contributed by atoms with Crippen LogP contribution in [0.3, 0.4) is 0 Å². The van der Waals surface area contributed by atoms with Crippen molar-refractivity contribution < 1.29 is 4.74 Å². The van der Waals surface area contributed by atoms with Crippen LogP contribution in [0.5, 0.6) is 0 Å². The van der Waals surface area contributed by atoms with Crippen molar-refractivity contribution in [3.8, 4) is 0 Å². The largest absolute Gasteiger partial charge is 0.383 e. The van der Waals surface area contributed by atoms with Crippen molar-refractivity contribution in [3.05, 3.63) is 17.3 Å². The summed E-state index contributed by atoms with van der Waals surface area (Å²) in [6.45, 7) is 1.69. The Morgan fingerprint density at radius 1 is 1.50 bits per heavy atom. The van der Waals surface area contributed by atoms with Gasteiger partial charge in [0.2, 0.25) is 0 Å². The van der Waals surface area contributed by atoms with E-state index in [2.05, 4.69) is 9.97 Å². The molecule has 16 heavy (non-hydrogen) atoms. The lowest BCUT2D eigenvalue weighted by molar-refractivity contribution is 0.185. The molecule has 84 valence electrons. The molecule has 0 bridgehead atoms. The number of thiophene rings is 1. The molecule has 3 heterocycles. The molecular weight excluding hydrogens is 222 g/mol. The first-order valence-corrected chi connectivity index (χ1v) is 6.28. The highest BCUT2D eigenvalue weighted by Gasteiger charge is 2.18. The van der Waals surface area contributed by atoms with E-state index in [-0.39, 0.29) is 0 Å². The molecule has 2 aromatic heterocycles. The first-order valence-electron chi connectivity index (χ1n) is 5.40. The van der Waals surface area contributed by atoms with Gasteiger partial charge in [-0.1, -0.05) is 0 Å². The first kappa shape index (κ1) is 9.99. The summed E-state index contributed by atoms with van der Waals surface area (Å²) < 4.78 is 5.35. The topological polar surface area (TPSA) is 61.0 Å². The van der Waals surface area contributed by atoms with Gasteiger partial charge in [0.25, 0.3) is 0 Å². The van der Waals surface area contributed by atoms with Crippen molar-refractivity contribution >= 4 is 27.4 Å². The normalized spacial score (nSPS) is 20.6. The zero-order valence-corrected chi connectivity index (χ0v) is 9.67. The van der Waals surface area contributed by atoms with Crippen LogP contribution in [0, 0.1) is 5.92 Å². The van der Waals surface area contributed by atoms with E-state index in [0.29, 0.717) is 11.7 Å². The van der Waals surface area contributed by atoms with Gasteiger partial charge in [-0.05, 0) is 23.8 Å². The third-order valence-electron chi connectivity index (χ3n) is 2.90. The Balaban J connectivity index is 1.91. The molecule has 1 aliphatic rings. The second-order valence-electron chi connectivity index (χ2n) is 4.10. The summed E-state index contributed by atoms with van der Waals surface area (Å²) in [6, 6.07) is 1.97. The van der Waals surface area contributed by atoms with Crippen LogP contribution in [0.15, 0.2) is 11.4 Å². The van der Waals surface area contributed by atoms with E-state index in [9.17, 15) is 0 Å². The Labute approximate surface area is 97.5 Å². The molecule has 0 spiro atoms. The molecule has 1 fully saturated rings. The van der Waals surface area contributed by atoms with E-state index in [1.54, 1.807) is 11.3 Å². The van der Waals surface area contributed by atoms with E-state index in [4.69, 9.17) is 10.5 Å². The number of hydrogen-bond acceptors (Lipinski definition) is 5.